The predicted molar refractivity (Wildman–Crippen MR) is 87.3 cm³/mol. The van der Waals surface area contributed by atoms with Crippen molar-refractivity contribution in [3.8, 4) is 0 Å². The highest BCUT2D eigenvalue weighted by molar-refractivity contribution is 7.99. The number of thioether (sulfide) groups is 1. The fourth-order valence-corrected chi connectivity index (χ4v) is 4.31. The van der Waals surface area contributed by atoms with E-state index in [1.165, 1.54) is 51.4 Å². The molecule has 0 saturated heterocycles. The van der Waals surface area contributed by atoms with Crippen LogP contribution in [0.1, 0.15) is 65.2 Å². The summed E-state index contributed by atoms with van der Waals surface area (Å²) in [6.07, 6.45) is 10.2. The number of carbonyl (C=O) groups is 1. The molecule has 0 aromatic rings. The third-order valence-corrected chi connectivity index (χ3v) is 5.65. The van der Waals surface area contributed by atoms with E-state index in [1.807, 2.05) is 13.8 Å². The van der Waals surface area contributed by atoms with E-state index >= 15 is 0 Å². The van der Waals surface area contributed by atoms with E-state index in [-0.39, 0.29) is 5.97 Å². The zero-order chi connectivity index (χ0) is 14.8. The summed E-state index contributed by atoms with van der Waals surface area (Å²) < 4.78 is 4.91. The van der Waals surface area contributed by atoms with Gasteiger partial charge in [0.05, 0.1) is 7.11 Å². The highest BCUT2D eigenvalue weighted by Gasteiger charge is 2.32. The van der Waals surface area contributed by atoms with Crippen molar-refractivity contribution in [3.05, 3.63) is 0 Å². The summed E-state index contributed by atoms with van der Waals surface area (Å²) in [5.74, 6) is 1.09. The lowest BCUT2D eigenvalue weighted by molar-refractivity contribution is -0.148. The van der Waals surface area contributed by atoms with E-state index in [9.17, 15) is 4.79 Å². The predicted octanol–water partition coefficient (Wildman–Crippen LogP) is 3.76. The molecule has 1 saturated carbocycles. The van der Waals surface area contributed by atoms with Gasteiger partial charge in [-0.2, -0.15) is 11.8 Å². The molecular formula is C16H31NO2S. The Labute approximate surface area is 128 Å². The lowest BCUT2D eigenvalue weighted by Crippen LogP contribution is -2.50. The van der Waals surface area contributed by atoms with Gasteiger partial charge < -0.3 is 10.1 Å². The molecule has 0 aromatic heterocycles. The number of rotatable bonds is 9. The van der Waals surface area contributed by atoms with Gasteiger partial charge in [0.15, 0.2) is 0 Å². The molecule has 4 heteroatoms. The molecule has 0 radical (unpaired) electrons. The molecule has 118 valence electrons. The minimum Gasteiger partial charge on any atom is -0.468 e. The third kappa shape index (κ3) is 6.04. The zero-order valence-corrected chi connectivity index (χ0v) is 14.2. The highest BCUT2D eigenvalue weighted by Crippen LogP contribution is 2.29. The Morgan fingerprint density at radius 1 is 1.30 bits per heavy atom. The van der Waals surface area contributed by atoms with E-state index in [4.69, 9.17) is 4.74 Å². The molecule has 1 atom stereocenters. The fraction of sp³-hybridized carbons (Fsp3) is 0.938. The van der Waals surface area contributed by atoms with Crippen molar-refractivity contribution in [2.75, 3.05) is 19.4 Å². The third-order valence-electron chi connectivity index (χ3n) is 4.18. The number of esters is 1. The van der Waals surface area contributed by atoms with E-state index in [1.54, 1.807) is 0 Å². The van der Waals surface area contributed by atoms with Crippen LogP contribution in [0.25, 0.3) is 0 Å². The first kappa shape index (κ1) is 17.8. The summed E-state index contributed by atoms with van der Waals surface area (Å²) in [5, 5.41) is 4.16. The van der Waals surface area contributed by atoms with Crippen molar-refractivity contribution in [1.29, 1.82) is 0 Å². The van der Waals surface area contributed by atoms with Gasteiger partial charge in [0.1, 0.15) is 5.54 Å². The van der Waals surface area contributed by atoms with Crippen LogP contribution in [-0.4, -0.2) is 36.2 Å². The number of likely N-dealkylation sites (N-methyl/N-ethyl adjacent to an activating group) is 1. The second-order valence-electron chi connectivity index (χ2n) is 5.94. The molecule has 1 aliphatic carbocycles. The summed E-state index contributed by atoms with van der Waals surface area (Å²) in [5.41, 5.74) is -0.515. The second kappa shape index (κ2) is 9.67. The van der Waals surface area contributed by atoms with E-state index in [0.717, 1.165) is 24.6 Å². The van der Waals surface area contributed by atoms with Crippen LogP contribution in [0.2, 0.25) is 0 Å². The molecule has 0 spiro atoms. The van der Waals surface area contributed by atoms with Gasteiger partial charge in [-0.3, -0.25) is 4.79 Å². The monoisotopic (exact) mass is 301 g/mol. The highest BCUT2D eigenvalue weighted by atomic mass is 32.2. The van der Waals surface area contributed by atoms with Crippen molar-refractivity contribution in [2.24, 2.45) is 0 Å². The summed E-state index contributed by atoms with van der Waals surface area (Å²) in [7, 11) is 1.47. The Morgan fingerprint density at radius 2 is 2.00 bits per heavy atom. The number of hydrogen-bond donors (Lipinski definition) is 1. The maximum absolute atomic E-state index is 11.8. The Kier molecular flexibility index (Phi) is 8.62. The Balaban J connectivity index is 2.18. The lowest BCUT2D eigenvalue weighted by atomic mass is 9.95. The molecule has 1 fully saturated rings. The molecule has 1 N–H and O–H groups in total. The van der Waals surface area contributed by atoms with E-state index in [0.29, 0.717) is 0 Å². The fourth-order valence-electron chi connectivity index (χ4n) is 2.94. The summed E-state index contributed by atoms with van der Waals surface area (Å²) >= 11 is 2.14. The molecule has 1 unspecified atom stereocenters. The van der Waals surface area contributed by atoms with Gasteiger partial charge in [-0.1, -0.05) is 32.6 Å². The van der Waals surface area contributed by atoms with Crippen LogP contribution >= 0.6 is 11.8 Å². The number of hydrogen-bond acceptors (Lipinski definition) is 4. The summed E-state index contributed by atoms with van der Waals surface area (Å²) in [4.78, 5) is 11.8. The van der Waals surface area contributed by atoms with Gasteiger partial charge in [0, 0.05) is 5.25 Å². The number of methoxy groups -OCH3 is 1. The maximum Gasteiger partial charge on any atom is 0.325 e. The Hall–Kier alpha value is -0.220. The Morgan fingerprint density at radius 3 is 2.60 bits per heavy atom. The van der Waals surface area contributed by atoms with Gasteiger partial charge in [0.2, 0.25) is 0 Å². The molecule has 0 aromatic carbocycles. The quantitative estimate of drug-likeness (QED) is 0.520. The molecule has 0 heterocycles. The SMILES string of the molecule is CCNC(C)(CCCCSC1CCCCC1)C(=O)OC. The standard InChI is InChI=1S/C16H31NO2S/c1-4-17-16(2,15(18)19-3)12-8-9-13-20-14-10-6-5-7-11-14/h14,17H,4-13H2,1-3H3. The summed E-state index contributed by atoms with van der Waals surface area (Å²) in [6, 6.07) is 0. The minimum atomic E-state index is -0.515. The molecule has 1 rings (SSSR count). The number of nitrogens with one attached hydrogen (secondary N) is 1. The van der Waals surface area contributed by atoms with Crippen molar-refractivity contribution < 1.29 is 9.53 Å². The van der Waals surface area contributed by atoms with Crippen LogP contribution in [0.15, 0.2) is 0 Å². The molecule has 0 aliphatic heterocycles. The normalized spacial score (nSPS) is 19.6. The minimum absolute atomic E-state index is 0.140. The maximum atomic E-state index is 11.8. The first-order chi connectivity index (χ1) is 9.62. The van der Waals surface area contributed by atoms with Crippen molar-refractivity contribution >= 4 is 17.7 Å². The van der Waals surface area contributed by atoms with E-state index in [2.05, 4.69) is 17.1 Å². The molecule has 3 nitrogen and oxygen atoms in total. The number of ether oxygens (including phenoxy) is 1. The van der Waals surface area contributed by atoms with Gasteiger partial charge in [0.25, 0.3) is 0 Å². The molecule has 1 aliphatic rings. The van der Waals surface area contributed by atoms with Crippen LogP contribution in [0.5, 0.6) is 0 Å². The van der Waals surface area contributed by atoms with E-state index < -0.39 is 5.54 Å². The van der Waals surface area contributed by atoms with Crippen molar-refractivity contribution in [1.82, 2.24) is 5.32 Å². The van der Waals surface area contributed by atoms with Crippen molar-refractivity contribution in [2.45, 2.75) is 76.0 Å². The van der Waals surface area contributed by atoms with Crippen LogP contribution in [0.4, 0.5) is 0 Å². The molecule has 0 bridgehead atoms. The zero-order valence-electron chi connectivity index (χ0n) is 13.4. The first-order valence-corrected chi connectivity index (χ1v) is 9.12. The van der Waals surface area contributed by atoms with Gasteiger partial charge in [-0.25, -0.2) is 0 Å². The second-order valence-corrected chi connectivity index (χ2v) is 7.35. The number of carbonyl (C=O) groups excluding carboxylic acids is 1. The van der Waals surface area contributed by atoms with Gasteiger partial charge in [-0.15, -0.1) is 0 Å². The molecule has 20 heavy (non-hydrogen) atoms. The summed E-state index contributed by atoms with van der Waals surface area (Å²) in [6.45, 7) is 4.78. The largest absolute Gasteiger partial charge is 0.468 e. The molecular weight excluding hydrogens is 270 g/mol. The van der Waals surface area contributed by atoms with Crippen LogP contribution in [0, 0.1) is 0 Å². The van der Waals surface area contributed by atoms with Crippen LogP contribution in [-0.2, 0) is 9.53 Å². The van der Waals surface area contributed by atoms with Gasteiger partial charge in [-0.05, 0) is 44.9 Å². The number of unbranched alkanes of at least 4 members (excludes halogenated alkanes) is 1. The van der Waals surface area contributed by atoms with Crippen LogP contribution < -0.4 is 5.32 Å². The average Bonchev–Trinajstić information content (AvgIpc) is 2.47. The lowest BCUT2D eigenvalue weighted by Gasteiger charge is -2.27. The molecule has 0 amide bonds. The van der Waals surface area contributed by atoms with Gasteiger partial charge >= 0.3 is 5.97 Å². The smallest absolute Gasteiger partial charge is 0.325 e. The van der Waals surface area contributed by atoms with Crippen molar-refractivity contribution in [3.63, 3.8) is 0 Å². The first-order valence-electron chi connectivity index (χ1n) is 8.07. The Bertz CT molecular complexity index is 280. The average molecular weight is 301 g/mol. The topological polar surface area (TPSA) is 38.3 Å². The van der Waals surface area contributed by atoms with Crippen LogP contribution in [0.3, 0.4) is 0 Å².